The Morgan fingerprint density at radius 2 is 2.50 bits per heavy atom. The van der Waals surface area contributed by atoms with Gasteiger partial charge in [-0.1, -0.05) is 17.8 Å². The fourth-order valence-corrected chi connectivity index (χ4v) is 1.47. The molecule has 2 aromatic heterocycles. The van der Waals surface area contributed by atoms with Crippen LogP contribution >= 0.6 is 11.3 Å². The van der Waals surface area contributed by atoms with Gasteiger partial charge in [0.2, 0.25) is 11.7 Å². The van der Waals surface area contributed by atoms with E-state index in [1.54, 1.807) is 11.3 Å². The molecule has 0 radical (unpaired) electrons. The minimum atomic E-state index is 0.457. The zero-order valence-corrected chi connectivity index (χ0v) is 7.04. The Morgan fingerprint density at radius 1 is 1.58 bits per heavy atom. The lowest BCUT2D eigenvalue weighted by Crippen LogP contribution is -1.73. The Balaban J connectivity index is 2.41. The Bertz CT molecular complexity index is 377. The molecule has 4 heteroatoms. The zero-order chi connectivity index (χ0) is 8.39. The summed E-state index contributed by atoms with van der Waals surface area (Å²) in [6.45, 7) is 3.53. The second-order valence-electron chi connectivity index (χ2n) is 2.14. The van der Waals surface area contributed by atoms with Crippen LogP contribution in [0.3, 0.4) is 0 Å². The molecule has 2 heterocycles. The first-order chi connectivity index (χ1) is 5.90. The summed E-state index contributed by atoms with van der Waals surface area (Å²) in [7, 11) is 0. The van der Waals surface area contributed by atoms with Crippen LogP contribution in [0.2, 0.25) is 0 Å². The van der Waals surface area contributed by atoms with Gasteiger partial charge in [-0.3, -0.25) is 0 Å². The first kappa shape index (κ1) is 7.24. The lowest BCUT2D eigenvalue weighted by molar-refractivity contribution is 0.411. The molecule has 0 aromatic carbocycles. The van der Waals surface area contributed by atoms with Gasteiger partial charge in [0.25, 0.3) is 0 Å². The largest absolute Gasteiger partial charge is 0.334 e. The van der Waals surface area contributed by atoms with E-state index in [1.165, 1.54) is 6.08 Å². The quantitative estimate of drug-likeness (QED) is 0.709. The van der Waals surface area contributed by atoms with E-state index in [4.69, 9.17) is 4.52 Å². The molecule has 2 aromatic rings. The average molecular weight is 178 g/mol. The predicted molar refractivity (Wildman–Crippen MR) is 47.7 cm³/mol. The normalized spacial score (nSPS) is 10.0. The molecule has 0 saturated heterocycles. The summed E-state index contributed by atoms with van der Waals surface area (Å²) < 4.78 is 4.87. The van der Waals surface area contributed by atoms with Gasteiger partial charge in [-0.2, -0.15) is 4.98 Å². The van der Waals surface area contributed by atoms with E-state index in [2.05, 4.69) is 16.7 Å². The summed E-state index contributed by atoms with van der Waals surface area (Å²) >= 11 is 1.58. The smallest absolute Gasteiger partial charge is 0.250 e. The first-order valence-corrected chi connectivity index (χ1v) is 4.28. The highest BCUT2D eigenvalue weighted by Crippen LogP contribution is 2.21. The van der Waals surface area contributed by atoms with Crippen molar-refractivity contribution in [2.24, 2.45) is 0 Å². The third-order valence-corrected chi connectivity index (χ3v) is 2.22. The molecule has 0 aliphatic heterocycles. The SMILES string of the molecule is C=Cc1nc(-c2cccs2)no1. The lowest BCUT2D eigenvalue weighted by Gasteiger charge is -1.80. The predicted octanol–water partition coefficient (Wildman–Crippen LogP) is 2.44. The highest BCUT2D eigenvalue weighted by molar-refractivity contribution is 7.13. The Kier molecular flexibility index (Phi) is 1.75. The van der Waals surface area contributed by atoms with E-state index in [0.29, 0.717) is 11.7 Å². The highest BCUT2D eigenvalue weighted by Gasteiger charge is 2.05. The molecule has 0 fully saturated rings. The van der Waals surface area contributed by atoms with Crippen LogP contribution < -0.4 is 0 Å². The molecule has 0 aliphatic rings. The van der Waals surface area contributed by atoms with Crippen LogP contribution in [0.1, 0.15) is 5.89 Å². The van der Waals surface area contributed by atoms with E-state index >= 15 is 0 Å². The molecular formula is C8H6N2OS. The number of hydrogen-bond acceptors (Lipinski definition) is 4. The number of rotatable bonds is 2. The van der Waals surface area contributed by atoms with Gasteiger partial charge < -0.3 is 4.52 Å². The molecule has 0 atom stereocenters. The number of thiophene rings is 1. The van der Waals surface area contributed by atoms with Crippen molar-refractivity contribution in [3.63, 3.8) is 0 Å². The van der Waals surface area contributed by atoms with Gasteiger partial charge in [0.1, 0.15) is 0 Å². The van der Waals surface area contributed by atoms with E-state index in [1.807, 2.05) is 17.5 Å². The molecule has 12 heavy (non-hydrogen) atoms. The summed E-state index contributed by atoms with van der Waals surface area (Å²) in [4.78, 5) is 5.09. The summed E-state index contributed by atoms with van der Waals surface area (Å²) in [5.41, 5.74) is 0. The van der Waals surface area contributed by atoms with Crippen molar-refractivity contribution in [1.82, 2.24) is 10.1 Å². The molecule has 0 aliphatic carbocycles. The Labute approximate surface area is 73.4 Å². The van der Waals surface area contributed by atoms with Crippen molar-refractivity contribution in [3.05, 3.63) is 30.0 Å². The Morgan fingerprint density at radius 3 is 3.08 bits per heavy atom. The molecule has 3 nitrogen and oxygen atoms in total. The maximum atomic E-state index is 4.87. The van der Waals surface area contributed by atoms with Gasteiger partial charge in [0.15, 0.2) is 0 Å². The van der Waals surface area contributed by atoms with Gasteiger partial charge >= 0.3 is 0 Å². The van der Waals surface area contributed by atoms with Gasteiger partial charge in [0.05, 0.1) is 4.88 Å². The summed E-state index contributed by atoms with van der Waals surface area (Å²) in [5, 5.41) is 5.75. The van der Waals surface area contributed by atoms with Crippen LogP contribution in [-0.2, 0) is 0 Å². The maximum absolute atomic E-state index is 4.87. The van der Waals surface area contributed by atoms with E-state index < -0.39 is 0 Å². The standard InChI is InChI=1S/C8H6N2OS/c1-2-7-9-8(10-11-7)6-4-3-5-12-6/h2-5H,1H2. The van der Waals surface area contributed by atoms with Crippen molar-refractivity contribution in [2.75, 3.05) is 0 Å². The van der Waals surface area contributed by atoms with Gasteiger partial charge in [-0.25, -0.2) is 0 Å². The van der Waals surface area contributed by atoms with E-state index in [9.17, 15) is 0 Å². The second kappa shape index (κ2) is 2.91. The van der Waals surface area contributed by atoms with Gasteiger partial charge in [-0.15, -0.1) is 11.3 Å². The van der Waals surface area contributed by atoms with Gasteiger partial charge in [-0.05, 0) is 17.5 Å². The van der Waals surface area contributed by atoms with Crippen LogP contribution in [0.25, 0.3) is 16.8 Å². The van der Waals surface area contributed by atoms with Crippen molar-refractivity contribution in [3.8, 4) is 10.7 Å². The average Bonchev–Trinajstić information content (AvgIpc) is 2.75. The molecule has 2 rings (SSSR count). The highest BCUT2D eigenvalue weighted by atomic mass is 32.1. The van der Waals surface area contributed by atoms with Gasteiger partial charge in [0, 0.05) is 0 Å². The fraction of sp³-hybridized carbons (Fsp3) is 0. The maximum Gasteiger partial charge on any atom is 0.250 e. The monoisotopic (exact) mass is 178 g/mol. The third kappa shape index (κ3) is 1.16. The fourth-order valence-electron chi connectivity index (χ4n) is 0.824. The molecule has 60 valence electrons. The van der Waals surface area contributed by atoms with E-state index in [0.717, 1.165) is 4.88 Å². The molecule has 0 N–H and O–H groups in total. The minimum absolute atomic E-state index is 0.457. The molecular weight excluding hydrogens is 172 g/mol. The second-order valence-corrected chi connectivity index (χ2v) is 3.09. The van der Waals surface area contributed by atoms with Crippen LogP contribution in [0.15, 0.2) is 28.6 Å². The zero-order valence-electron chi connectivity index (χ0n) is 6.23. The van der Waals surface area contributed by atoms with Crippen molar-refractivity contribution >= 4 is 17.4 Å². The first-order valence-electron chi connectivity index (χ1n) is 3.40. The molecule has 0 spiro atoms. The number of nitrogens with zero attached hydrogens (tertiary/aromatic N) is 2. The molecule has 0 saturated carbocycles. The van der Waals surface area contributed by atoms with Crippen molar-refractivity contribution in [2.45, 2.75) is 0 Å². The summed E-state index contributed by atoms with van der Waals surface area (Å²) in [6, 6.07) is 3.90. The topological polar surface area (TPSA) is 38.9 Å². The van der Waals surface area contributed by atoms with Crippen LogP contribution in [0, 0.1) is 0 Å². The number of aromatic nitrogens is 2. The summed E-state index contributed by atoms with van der Waals surface area (Å²) in [5.74, 6) is 1.08. The lowest BCUT2D eigenvalue weighted by atomic mass is 10.4. The Hall–Kier alpha value is -1.42. The third-order valence-electron chi connectivity index (χ3n) is 1.36. The molecule has 0 amide bonds. The number of hydrogen-bond donors (Lipinski definition) is 0. The van der Waals surface area contributed by atoms with Crippen molar-refractivity contribution in [1.29, 1.82) is 0 Å². The molecule has 0 bridgehead atoms. The van der Waals surface area contributed by atoms with Crippen molar-refractivity contribution < 1.29 is 4.52 Å². The minimum Gasteiger partial charge on any atom is -0.334 e. The van der Waals surface area contributed by atoms with Crippen LogP contribution in [0.5, 0.6) is 0 Å². The van der Waals surface area contributed by atoms with Crippen LogP contribution in [0.4, 0.5) is 0 Å². The van der Waals surface area contributed by atoms with E-state index in [-0.39, 0.29) is 0 Å². The summed E-state index contributed by atoms with van der Waals surface area (Å²) in [6.07, 6.45) is 1.53. The van der Waals surface area contributed by atoms with Crippen LogP contribution in [-0.4, -0.2) is 10.1 Å². The molecule has 0 unspecified atom stereocenters.